The number of fused-ring (bicyclic) bond motifs is 5. The minimum Gasteiger partial charge on any atom is -0.390 e. The first-order valence-electron chi connectivity index (χ1n) is 12.9. The molecule has 1 aromatic rings. The van der Waals surface area contributed by atoms with Gasteiger partial charge in [0.15, 0.2) is 5.78 Å². The molecule has 1 unspecified atom stereocenters. The van der Waals surface area contributed by atoms with Crippen molar-refractivity contribution in [3.8, 4) is 6.07 Å². The number of rotatable bonds is 5. The second kappa shape index (κ2) is 8.41. The first kappa shape index (κ1) is 23.4. The summed E-state index contributed by atoms with van der Waals surface area (Å²) in [7, 11) is 0. The molecule has 0 spiro atoms. The van der Waals surface area contributed by atoms with Gasteiger partial charge in [0.25, 0.3) is 0 Å². The van der Waals surface area contributed by atoms with Crippen LogP contribution in [0.3, 0.4) is 0 Å². The molecule has 0 saturated heterocycles. The second-order valence-electron chi connectivity index (χ2n) is 12.2. The van der Waals surface area contributed by atoms with Gasteiger partial charge in [-0.3, -0.25) is 9.48 Å². The van der Waals surface area contributed by atoms with Crippen molar-refractivity contribution in [2.24, 2.45) is 40.4 Å². The third-order valence-corrected chi connectivity index (χ3v) is 11.4. The van der Waals surface area contributed by atoms with E-state index in [1.807, 2.05) is 18.7 Å². The Hall–Kier alpha value is -1.32. The van der Waals surface area contributed by atoms with Gasteiger partial charge >= 0.3 is 0 Å². The predicted octanol–water partition coefficient (Wildman–Crippen LogP) is 5.08. The van der Waals surface area contributed by atoms with Crippen LogP contribution < -0.4 is 0 Å². The van der Waals surface area contributed by atoms with Crippen molar-refractivity contribution in [2.75, 3.05) is 12.0 Å². The van der Waals surface area contributed by atoms with Crippen molar-refractivity contribution in [3.05, 3.63) is 18.0 Å². The molecule has 6 heteroatoms. The van der Waals surface area contributed by atoms with Crippen LogP contribution >= 0.6 is 11.8 Å². The Morgan fingerprint density at radius 2 is 2.03 bits per heavy atom. The lowest BCUT2D eigenvalue weighted by Crippen LogP contribution is -2.58. The Kier molecular flexibility index (Phi) is 5.97. The maximum absolute atomic E-state index is 13.4. The fraction of sp³-hybridized carbons (Fsp3) is 0.815. The lowest BCUT2D eigenvalue weighted by Gasteiger charge is -2.62. The summed E-state index contributed by atoms with van der Waals surface area (Å²) in [5, 5.41) is 24.1. The second-order valence-corrected chi connectivity index (χ2v) is 13.1. The quantitative estimate of drug-likeness (QED) is 0.651. The number of aliphatic hydroxyl groups is 1. The van der Waals surface area contributed by atoms with Crippen LogP contribution in [0.5, 0.6) is 0 Å². The average Bonchev–Trinajstić information content (AvgIpc) is 3.37. The summed E-state index contributed by atoms with van der Waals surface area (Å²) in [6.45, 7) is 4.74. The van der Waals surface area contributed by atoms with Crippen LogP contribution in [-0.4, -0.2) is 38.3 Å². The van der Waals surface area contributed by atoms with E-state index in [0.717, 1.165) is 37.5 Å². The van der Waals surface area contributed by atoms with Gasteiger partial charge in [-0.1, -0.05) is 6.92 Å². The van der Waals surface area contributed by atoms with Crippen LogP contribution in [-0.2, 0) is 11.3 Å². The largest absolute Gasteiger partial charge is 0.390 e. The Morgan fingerprint density at radius 3 is 2.76 bits per heavy atom. The highest BCUT2D eigenvalue weighted by molar-refractivity contribution is 7.98. The van der Waals surface area contributed by atoms with Crippen LogP contribution in [0.1, 0.15) is 77.2 Å². The van der Waals surface area contributed by atoms with E-state index in [4.69, 9.17) is 5.26 Å². The average molecular weight is 470 g/mol. The third-order valence-electron chi connectivity index (χ3n) is 10.5. The van der Waals surface area contributed by atoms with Crippen LogP contribution in [0.25, 0.3) is 0 Å². The lowest BCUT2D eigenvalue weighted by molar-refractivity contribution is -0.149. The number of carbonyl (C=O) groups is 1. The van der Waals surface area contributed by atoms with Gasteiger partial charge in [-0.05, 0) is 111 Å². The van der Waals surface area contributed by atoms with E-state index in [-0.39, 0.29) is 17.9 Å². The molecule has 1 heterocycles. The standard InChI is InChI=1S/C27H39N3O2S/c1-25(32)10-11-27(17-33-3)19(12-25)4-5-20-21-6-7-23(26(21,2)9-8-22(20)27)24(31)16-30-15-18(13-28)14-29-30/h14-15,19-23,32H,4-12,16-17H2,1-3H3/t19-,20+,21+,22+,23?,25-,26+,27-/m1/s1. The molecular weight excluding hydrogens is 430 g/mol. The zero-order valence-electron chi connectivity index (χ0n) is 20.4. The summed E-state index contributed by atoms with van der Waals surface area (Å²) < 4.78 is 1.65. The maximum Gasteiger partial charge on any atom is 0.157 e. The molecule has 5 rings (SSSR count). The zero-order chi connectivity index (χ0) is 23.4. The molecule has 33 heavy (non-hydrogen) atoms. The Morgan fingerprint density at radius 1 is 1.21 bits per heavy atom. The smallest absolute Gasteiger partial charge is 0.157 e. The van der Waals surface area contributed by atoms with E-state index in [2.05, 4.69) is 24.3 Å². The predicted molar refractivity (Wildman–Crippen MR) is 130 cm³/mol. The van der Waals surface area contributed by atoms with Crippen molar-refractivity contribution >= 4 is 17.5 Å². The van der Waals surface area contributed by atoms with E-state index in [1.165, 1.54) is 37.9 Å². The topological polar surface area (TPSA) is 78.9 Å². The molecule has 4 fully saturated rings. The fourth-order valence-corrected chi connectivity index (χ4v) is 10.2. The summed E-state index contributed by atoms with van der Waals surface area (Å²) in [4.78, 5) is 13.4. The molecule has 0 bridgehead atoms. The highest BCUT2D eigenvalue weighted by Gasteiger charge is 2.62. The zero-order valence-corrected chi connectivity index (χ0v) is 21.2. The Labute approximate surface area is 202 Å². The summed E-state index contributed by atoms with van der Waals surface area (Å²) in [5.41, 5.74) is 0.486. The van der Waals surface area contributed by atoms with Gasteiger partial charge in [-0.2, -0.15) is 22.1 Å². The van der Waals surface area contributed by atoms with Crippen molar-refractivity contribution in [1.29, 1.82) is 5.26 Å². The monoisotopic (exact) mass is 469 g/mol. The molecule has 4 saturated carbocycles. The molecule has 4 aliphatic carbocycles. The Bertz CT molecular complexity index is 951. The summed E-state index contributed by atoms with van der Waals surface area (Å²) in [6.07, 6.45) is 15.6. The van der Waals surface area contributed by atoms with E-state index < -0.39 is 5.60 Å². The molecule has 0 aromatic carbocycles. The number of hydrogen-bond donors (Lipinski definition) is 1. The van der Waals surface area contributed by atoms with Crippen molar-refractivity contribution in [1.82, 2.24) is 9.78 Å². The molecule has 0 aliphatic heterocycles. The number of hydrogen-bond acceptors (Lipinski definition) is 5. The number of nitriles is 1. The number of Topliss-reactive ketones (excluding diaryl/α,β-unsaturated/α-hetero) is 1. The number of thioether (sulfide) groups is 1. The van der Waals surface area contributed by atoms with Gasteiger partial charge < -0.3 is 5.11 Å². The highest BCUT2D eigenvalue weighted by Crippen LogP contribution is 2.68. The molecule has 5 nitrogen and oxygen atoms in total. The number of nitrogens with zero attached hydrogens (tertiary/aromatic N) is 3. The van der Waals surface area contributed by atoms with Gasteiger partial charge in [-0.15, -0.1) is 0 Å². The molecule has 0 amide bonds. The lowest BCUT2D eigenvalue weighted by atomic mass is 9.44. The van der Waals surface area contributed by atoms with Gasteiger partial charge in [-0.25, -0.2) is 0 Å². The van der Waals surface area contributed by atoms with Crippen molar-refractivity contribution in [3.63, 3.8) is 0 Å². The van der Waals surface area contributed by atoms with E-state index in [9.17, 15) is 9.90 Å². The molecule has 0 radical (unpaired) electrons. The molecule has 8 atom stereocenters. The minimum atomic E-state index is -0.495. The van der Waals surface area contributed by atoms with Gasteiger partial charge in [0.2, 0.25) is 0 Å². The van der Waals surface area contributed by atoms with E-state index in [0.29, 0.717) is 28.6 Å². The van der Waals surface area contributed by atoms with Gasteiger partial charge in [0, 0.05) is 12.1 Å². The van der Waals surface area contributed by atoms with Gasteiger partial charge in [0.05, 0.1) is 23.9 Å². The van der Waals surface area contributed by atoms with E-state index >= 15 is 0 Å². The Balaban J connectivity index is 1.36. The molecule has 1 N–H and O–H groups in total. The number of aromatic nitrogens is 2. The minimum absolute atomic E-state index is 0.0943. The van der Waals surface area contributed by atoms with Crippen LogP contribution in [0.4, 0.5) is 0 Å². The normalized spacial score (nSPS) is 44.4. The fourth-order valence-electron chi connectivity index (χ4n) is 9.09. The number of carbonyl (C=O) groups excluding carboxylic acids is 1. The van der Waals surface area contributed by atoms with Crippen LogP contribution in [0, 0.1) is 51.8 Å². The molecule has 180 valence electrons. The van der Waals surface area contributed by atoms with Gasteiger partial charge in [0.1, 0.15) is 6.07 Å². The van der Waals surface area contributed by atoms with E-state index in [1.54, 1.807) is 17.1 Å². The summed E-state index contributed by atoms with van der Waals surface area (Å²) in [6, 6.07) is 2.10. The first-order valence-corrected chi connectivity index (χ1v) is 14.3. The summed E-state index contributed by atoms with van der Waals surface area (Å²) in [5.74, 6) is 4.39. The van der Waals surface area contributed by atoms with Crippen molar-refractivity contribution in [2.45, 2.75) is 83.8 Å². The van der Waals surface area contributed by atoms with Crippen LogP contribution in [0.2, 0.25) is 0 Å². The molecule has 4 aliphatic rings. The number of ketones is 1. The van der Waals surface area contributed by atoms with Crippen molar-refractivity contribution < 1.29 is 9.90 Å². The highest BCUT2D eigenvalue weighted by atomic mass is 32.2. The first-order chi connectivity index (χ1) is 15.7. The third kappa shape index (κ3) is 3.78. The molecular formula is C27H39N3O2S. The SMILES string of the molecule is CSC[C@]12CC[C@@](C)(O)C[C@H]1CC[C@@H]1[C@@H]2CC[C@]2(C)C(C(=O)Cn3cc(C#N)cn3)CC[C@@H]12. The maximum atomic E-state index is 13.4. The van der Waals surface area contributed by atoms with Crippen LogP contribution in [0.15, 0.2) is 12.4 Å². The summed E-state index contributed by atoms with van der Waals surface area (Å²) >= 11 is 2.01. The molecule has 1 aromatic heterocycles.